The molecule has 0 N–H and O–H groups in total. The highest BCUT2D eigenvalue weighted by Crippen LogP contribution is 2.29. The number of hydrogen-bond donors (Lipinski definition) is 0. The number of carbonyl (C=O) groups excluding carboxylic acids is 1. The van der Waals surface area contributed by atoms with E-state index in [0.29, 0.717) is 0 Å². The molecule has 0 aliphatic heterocycles. The van der Waals surface area contributed by atoms with Crippen molar-refractivity contribution in [2.75, 3.05) is 0 Å². The summed E-state index contributed by atoms with van der Waals surface area (Å²) in [4.78, 5) is 15.1. The van der Waals surface area contributed by atoms with Gasteiger partial charge in [0.15, 0.2) is 0 Å². The first-order chi connectivity index (χ1) is 11.9. The van der Waals surface area contributed by atoms with E-state index in [2.05, 4.69) is 38.9 Å². The van der Waals surface area contributed by atoms with E-state index in [1.807, 2.05) is 22.9 Å². The fourth-order valence-corrected chi connectivity index (χ4v) is 3.28. The Kier molecular flexibility index (Phi) is 3.83. The van der Waals surface area contributed by atoms with Crippen molar-refractivity contribution in [3.05, 3.63) is 60.7 Å². The fourth-order valence-electron chi connectivity index (χ4n) is 3.28. The van der Waals surface area contributed by atoms with Gasteiger partial charge >= 0.3 is 0 Å². The molecule has 5 heteroatoms. The molecule has 0 radical (unpaired) electrons. The van der Waals surface area contributed by atoms with Crippen LogP contribution < -0.4 is 0 Å². The first-order valence-corrected chi connectivity index (χ1v) is 8.15. The Balaban J connectivity index is 1.64. The Morgan fingerprint density at radius 1 is 0.958 bits per heavy atom. The molecular weight excluding hydrogens is 300 g/mol. The minimum atomic E-state index is 0.719. The molecule has 24 heavy (non-hydrogen) atoms. The SMILES string of the molecule is O=Cc1ccc2c(c1)c1ccccc1n2CCCCn1cncn1. The van der Waals surface area contributed by atoms with Crippen LogP contribution >= 0.6 is 0 Å². The van der Waals surface area contributed by atoms with Crippen molar-refractivity contribution in [1.29, 1.82) is 0 Å². The number of para-hydroxylation sites is 1. The van der Waals surface area contributed by atoms with Crippen LogP contribution in [0, 0.1) is 0 Å². The van der Waals surface area contributed by atoms with E-state index in [1.165, 1.54) is 16.4 Å². The highest BCUT2D eigenvalue weighted by molar-refractivity contribution is 6.09. The first kappa shape index (κ1) is 14.6. The molecule has 0 atom stereocenters. The van der Waals surface area contributed by atoms with Crippen LogP contribution in [0.2, 0.25) is 0 Å². The van der Waals surface area contributed by atoms with Crippen molar-refractivity contribution in [1.82, 2.24) is 19.3 Å². The lowest BCUT2D eigenvalue weighted by molar-refractivity contribution is 0.112. The fraction of sp³-hybridized carbons (Fsp3) is 0.211. The molecule has 2 aromatic carbocycles. The highest BCUT2D eigenvalue weighted by atomic mass is 16.1. The molecule has 0 bridgehead atoms. The molecule has 0 amide bonds. The second-order valence-corrected chi connectivity index (χ2v) is 5.93. The van der Waals surface area contributed by atoms with Crippen LogP contribution in [0.25, 0.3) is 21.8 Å². The normalized spacial score (nSPS) is 11.3. The molecule has 0 aliphatic rings. The smallest absolute Gasteiger partial charge is 0.150 e. The maximum Gasteiger partial charge on any atom is 0.150 e. The van der Waals surface area contributed by atoms with Gasteiger partial charge in [-0.3, -0.25) is 9.48 Å². The molecule has 4 aromatic rings. The minimum Gasteiger partial charge on any atom is -0.340 e. The van der Waals surface area contributed by atoms with Gasteiger partial charge in [-0.15, -0.1) is 0 Å². The van der Waals surface area contributed by atoms with Crippen LogP contribution in [0.3, 0.4) is 0 Å². The third kappa shape index (κ3) is 2.58. The van der Waals surface area contributed by atoms with Gasteiger partial charge < -0.3 is 4.57 Å². The Hall–Kier alpha value is -2.95. The van der Waals surface area contributed by atoms with E-state index in [0.717, 1.165) is 43.2 Å². The molecular formula is C19H18N4O. The number of aryl methyl sites for hydroxylation is 2. The van der Waals surface area contributed by atoms with Crippen molar-refractivity contribution in [3.63, 3.8) is 0 Å². The van der Waals surface area contributed by atoms with Crippen LogP contribution in [0.4, 0.5) is 0 Å². The van der Waals surface area contributed by atoms with Gasteiger partial charge in [0.05, 0.1) is 0 Å². The number of carbonyl (C=O) groups is 1. The van der Waals surface area contributed by atoms with Crippen molar-refractivity contribution in [2.24, 2.45) is 0 Å². The molecule has 0 fully saturated rings. The summed E-state index contributed by atoms with van der Waals surface area (Å²) >= 11 is 0. The zero-order chi connectivity index (χ0) is 16.4. The summed E-state index contributed by atoms with van der Waals surface area (Å²) in [5.41, 5.74) is 3.12. The zero-order valence-corrected chi connectivity index (χ0v) is 13.3. The van der Waals surface area contributed by atoms with E-state index in [-0.39, 0.29) is 0 Å². The minimum absolute atomic E-state index is 0.719. The van der Waals surface area contributed by atoms with E-state index >= 15 is 0 Å². The summed E-state index contributed by atoms with van der Waals surface area (Å²) in [5.74, 6) is 0. The highest BCUT2D eigenvalue weighted by Gasteiger charge is 2.10. The van der Waals surface area contributed by atoms with Gasteiger partial charge in [-0.25, -0.2) is 4.98 Å². The number of hydrogen-bond acceptors (Lipinski definition) is 3. The maximum atomic E-state index is 11.1. The molecule has 2 heterocycles. The average molecular weight is 318 g/mol. The number of unbranched alkanes of at least 4 members (excludes halogenated alkanes) is 1. The molecule has 4 rings (SSSR count). The first-order valence-electron chi connectivity index (χ1n) is 8.15. The van der Waals surface area contributed by atoms with Crippen LogP contribution in [0.1, 0.15) is 23.2 Å². The number of fused-ring (bicyclic) bond motifs is 3. The van der Waals surface area contributed by atoms with Crippen LogP contribution in [-0.4, -0.2) is 25.6 Å². The lowest BCUT2D eigenvalue weighted by atomic mass is 10.1. The van der Waals surface area contributed by atoms with E-state index < -0.39 is 0 Å². The van der Waals surface area contributed by atoms with E-state index in [9.17, 15) is 4.79 Å². The molecule has 2 aromatic heterocycles. The summed E-state index contributed by atoms with van der Waals surface area (Å²) in [6.45, 7) is 1.82. The second-order valence-electron chi connectivity index (χ2n) is 5.93. The topological polar surface area (TPSA) is 52.7 Å². The van der Waals surface area contributed by atoms with Gasteiger partial charge in [-0.2, -0.15) is 5.10 Å². The number of nitrogens with zero attached hydrogens (tertiary/aromatic N) is 4. The predicted molar refractivity (Wildman–Crippen MR) is 94.1 cm³/mol. The summed E-state index contributed by atoms with van der Waals surface area (Å²) in [5, 5.41) is 6.48. The largest absolute Gasteiger partial charge is 0.340 e. The summed E-state index contributed by atoms with van der Waals surface area (Å²) < 4.78 is 4.21. The Morgan fingerprint density at radius 2 is 1.79 bits per heavy atom. The van der Waals surface area contributed by atoms with Gasteiger partial charge in [-0.1, -0.05) is 18.2 Å². The Labute approximate surface area is 139 Å². The summed E-state index contributed by atoms with van der Waals surface area (Å²) in [6, 6.07) is 14.3. The summed E-state index contributed by atoms with van der Waals surface area (Å²) in [6.07, 6.45) is 6.33. The second kappa shape index (κ2) is 6.28. The number of benzene rings is 2. The number of aldehydes is 1. The molecule has 0 aliphatic carbocycles. The van der Waals surface area contributed by atoms with E-state index in [4.69, 9.17) is 0 Å². The van der Waals surface area contributed by atoms with Crippen molar-refractivity contribution < 1.29 is 4.79 Å². The quantitative estimate of drug-likeness (QED) is 0.402. The number of aromatic nitrogens is 4. The van der Waals surface area contributed by atoms with Crippen molar-refractivity contribution >= 4 is 28.1 Å². The molecule has 5 nitrogen and oxygen atoms in total. The number of rotatable bonds is 6. The van der Waals surface area contributed by atoms with Gasteiger partial charge in [0.25, 0.3) is 0 Å². The lowest BCUT2D eigenvalue weighted by Gasteiger charge is -2.07. The van der Waals surface area contributed by atoms with Crippen molar-refractivity contribution in [3.8, 4) is 0 Å². The molecule has 0 unspecified atom stereocenters. The molecule has 0 spiro atoms. The molecule has 120 valence electrons. The van der Waals surface area contributed by atoms with Crippen LogP contribution in [0.15, 0.2) is 55.1 Å². The summed E-state index contributed by atoms with van der Waals surface area (Å²) in [7, 11) is 0. The van der Waals surface area contributed by atoms with E-state index in [1.54, 1.807) is 12.7 Å². The zero-order valence-electron chi connectivity index (χ0n) is 13.3. The van der Waals surface area contributed by atoms with Crippen molar-refractivity contribution in [2.45, 2.75) is 25.9 Å². The third-order valence-electron chi connectivity index (χ3n) is 4.42. The third-order valence-corrected chi connectivity index (χ3v) is 4.42. The van der Waals surface area contributed by atoms with Gasteiger partial charge in [0, 0.05) is 40.5 Å². The van der Waals surface area contributed by atoms with Crippen LogP contribution in [-0.2, 0) is 13.1 Å². The molecule has 0 saturated heterocycles. The monoisotopic (exact) mass is 318 g/mol. The van der Waals surface area contributed by atoms with Crippen LogP contribution in [0.5, 0.6) is 0 Å². The molecule has 0 saturated carbocycles. The van der Waals surface area contributed by atoms with Gasteiger partial charge in [0.2, 0.25) is 0 Å². The Bertz CT molecular complexity index is 985. The van der Waals surface area contributed by atoms with Gasteiger partial charge in [0.1, 0.15) is 18.9 Å². The van der Waals surface area contributed by atoms with Gasteiger partial charge in [-0.05, 0) is 37.1 Å². The average Bonchev–Trinajstić information content (AvgIpc) is 3.25. The lowest BCUT2D eigenvalue weighted by Crippen LogP contribution is -2.02. The standard InChI is InChI=1S/C19H18N4O/c24-12-15-7-8-19-17(11-15)16-5-1-2-6-18(16)23(19)10-4-3-9-22-14-20-13-21-22/h1-2,5-8,11-14H,3-4,9-10H2. The predicted octanol–water partition coefficient (Wildman–Crippen LogP) is 3.68. The Morgan fingerprint density at radius 3 is 2.62 bits per heavy atom. The maximum absolute atomic E-state index is 11.1.